The molecule has 1 aliphatic rings. The smallest absolute Gasteiger partial charge is 0.156 e. The second-order valence-electron chi connectivity index (χ2n) is 5.23. The zero-order valence-corrected chi connectivity index (χ0v) is 12.9. The zero-order chi connectivity index (χ0) is 13.4. The Labute approximate surface area is 116 Å². The molecule has 4 nitrogen and oxygen atoms in total. The fourth-order valence-corrected chi connectivity index (χ4v) is 2.69. The Morgan fingerprint density at radius 2 is 2.22 bits per heavy atom. The fraction of sp³-hybridized carbons (Fsp3) is 0.923. The first-order valence-electron chi connectivity index (χ1n) is 6.76. The molecular formula is C13H27N3OS. The predicted molar refractivity (Wildman–Crippen MR) is 80.5 cm³/mol. The number of aliphatic imine (C=N–C) groups is 1. The van der Waals surface area contributed by atoms with Crippen LogP contribution in [0.4, 0.5) is 0 Å². The van der Waals surface area contributed by atoms with Crippen LogP contribution in [-0.4, -0.2) is 62.3 Å². The SMILES string of the molecule is CC(C)C1CCSC(=NCCOCCN(C)C)N1. The van der Waals surface area contributed by atoms with Crippen LogP contribution in [-0.2, 0) is 4.74 Å². The van der Waals surface area contributed by atoms with E-state index in [9.17, 15) is 0 Å². The van der Waals surface area contributed by atoms with Gasteiger partial charge in [-0.3, -0.25) is 4.99 Å². The molecule has 0 saturated carbocycles. The van der Waals surface area contributed by atoms with Crippen LogP contribution in [0.25, 0.3) is 0 Å². The molecule has 0 aromatic rings. The third-order valence-corrected chi connectivity index (χ3v) is 3.92. The minimum atomic E-state index is 0.583. The van der Waals surface area contributed by atoms with E-state index in [2.05, 4.69) is 43.2 Å². The van der Waals surface area contributed by atoms with Gasteiger partial charge in [0.2, 0.25) is 0 Å². The van der Waals surface area contributed by atoms with Crippen LogP contribution < -0.4 is 5.32 Å². The average Bonchev–Trinajstić information content (AvgIpc) is 2.33. The first kappa shape index (κ1) is 15.8. The van der Waals surface area contributed by atoms with Crippen molar-refractivity contribution in [3.05, 3.63) is 0 Å². The lowest BCUT2D eigenvalue weighted by Crippen LogP contribution is -2.41. The van der Waals surface area contributed by atoms with E-state index in [1.54, 1.807) is 0 Å². The minimum absolute atomic E-state index is 0.583. The molecule has 0 aromatic carbocycles. The molecule has 0 radical (unpaired) electrons. The van der Waals surface area contributed by atoms with Crippen LogP contribution in [0.3, 0.4) is 0 Å². The van der Waals surface area contributed by atoms with E-state index in [-0.39, 0.29) is 0 Å². The van der Waals surface area contributed by atoms with Crippen molar-refractivity contribution >= 4 is 16.9 Å². The maximum atomic E-state index is 5.52. The Balaban J connectivity index is 2.14. The lowest BCUT2D eigenvalue weighted by molar-refractivity contribution is 0.124. The number of amidine groups is 1. The summed E-state index contributed by atoms with van der Waals surface area (Å²) in [6.45, 7) is 7.75. The molecule has 0 spiro atoms. The maximum absolute atomic E-state index is 5.52. The molecule has 0 bridgehead atoms. The van der Waals surface area contributed by atoms with Crippen molar-refractivity contribution in [3.8, 4) is 0 Å². The van der Waals surface area contributed by atoms with Gasteiger partial charge in [-0.2, -0.15) is 0 Å². The summed E-state index contributed by atoms with van der Waals surface area (Å²) in [4.78, 5) is 6.69. The van der Waals surface area contributed by atoms with Gasteiger partial charge in [-0.25, -0.2) is 0 Å². The van der Waals surface area contributed by atoms with Crippen LogP contribution in [0.5, 0.6) is 0 Å². The van der Waals surface area contributed by atoms with Gasteiger partial charge in [0.25, 0.3) is 0 Å². The van der Waals surface area contributed by atoms with Gasteiger partial charge in [-0.1, -0.05) is 25.6 Å². The molecule has 0 aliphatic carbocycles. The summed E-state index contributed by atoms with van der Waals surface area (Å²) in [7, 11) is 4.11. The van der Waals surface area contributed by atoms with Gasteiger partial charge < -0.3 is 15.0 Å². The molecule has 0 amide bonds. The third kappa shape index (κ3) is 6.61. The number of hydrogen-bond donors (Lipinski definition) is 1. The Bertz CT molecular complexity index is 257. The summed E-state index contributed by atoms with van der Waals surface area (Å²) < 4.78 is 5.52. The van der Waals surface area contributed by atoms with Gasteiger partial charge in [-0.05, 0) is 26.4 Å². The highest BCUT2D eigenvalue weighted by molar-refractivity contribution is 8.13. The number of nitrogens with one attached hydrogen (secondary N) is 1. The molecule has 1 aliphatic heterocycles. The molecular weight excluding hydrogens is 246 g/mol. The van der Waals surface area contributed by atoms with E-state index in [0.29, 0.717) is 18.6 Å². The standard InChI is InChI=1S/C13H27N3OS/c1-11(2)12-5-10-18-13(15-12)14-6-8-17-9-7-16(3)4/h11-12H,5-10H2,1-4H3,(H,14,15). The maximum Gasteiger partial charge on any atom is 0.156 e. The fourth-order valence-electron chi connectivity index (χ4n) is 1.71. The molecule has 18 heavy (non-hydrogen) atoms. The van der Waals surface area contributed by atoms with Crippen molar-refractivity contribution in [1.29, 1.82) is 0 Å². The van der Waals surface area contributed by atoms with E-state index >= 15 is 0 Å². The highest BCUT2D eigenvalue weighted by Crippen LogP contribution is 2.18. The van der Waals surface area contributed by atoms with E-state index in [1.165, 1.54) is 12.2 Å². The number of ether oxygens (including phenoxy) is 1. The predicted octanol–water partition coefficient (Wildman–Crippen LogP) is 1.67. The second kappa shape index (κ2) is 8.77. The summed E-state index contributed by atoms with van der Waals surface area (Å²) in [6, 6.07) is 0.583. The monoisotopic (exact) mass is 273 g/mol. The Kier molecular flexibility index (Phi) is 7.70. The van der Waals surface area contributed by atoms with Gasteiger partial charge in [0.05, 0.1) is 19.8 Å². The number of rotatable bonds is 7. The molecule has 1 unspecified atom stereocenters. The summed E-state index contributed by atoms with van der Waals surface area (Å²) in [5, 5.41) is 4.60. The Hall–Kier alpha value is -0.260. The molecule has 106 valence electrons. The quantitative estimate of drug-likeness (QED) is 0.716. The lowest BCUT2D eigenvalue weighted by atomic mass is 10.0. The minimum Gasteiger partial charge on any atom is -0.378 e. The number of likely N-dealkylation sites (N-methyl/N-ethyl adjacent to an activating group) is 1. The number of hydrogen-bond acceptors (Lipinski definition) is 4. The zero-order valence-electron chi connectivity index (χ0n) is 12.1. The van der Waals surface area contributed by atoms with Crippen molar-refractivity contribution in [2.75, 3.05) is 46.2 Å². The van der Waals surface area contributed by atoms with Crippen LogP contribution in [0.2, 0.25) is 0 Å². The first-order chi connectivity index (χ1) is 8.59. The summed E-state index contributed by atoms with van der Waals surface area (Å²) in [5.74, 6) is 1.85. The van der Waals surface area contributed by atoms with Crippen molar-refractivity contribution in [1.82, 2.24) is 10.2 Å². The number of nitrogens with zero attached hydrogens (tertiary/aromatic N) is 2. The van der Waals surface area contributed by atoms with E-state index in [1.807, 2.05) is 11.8 Å². The highest BCUT2D eigenvalue weighted by Gasteiger charge is 2.19. The van der Waals surface area contributed by atoms with Crippen LogP contribution >= 0.6 is 11.8 Å². The molecule has 1 fully saturated rings. The second-order valence-corrected chi connectivity index (χ2v) is 6.32. The number of thioether (sulfide) groups is 1. The van der Waals surface area contributed by atoms with Crippen molar-refractivity contribution in [2.45, 2.75) is 26.3 Å². The summed E-state index contributed by atoms with van der Waals surface area (Å²) in [5.41, 5.74) is 0. The normalized spacial score (nSPS) is 22.8. The lowest BCUT2D eigenvalue weighted by Gasteiger charge is -2.28. The van der Waals surface area contributed by atoms with Gasteiger partial charge >= 0.3 is 0 Å². The molecule has 1 atom stereocenters. The summed E-state index contributed by atoms with van der Waals surface area (Å²) >= 11 is 1.83. The molecule has 5 heteroatoms. The van der Waals surface area contributed by atoms with E-state index < -0.39 is 0 Å². The highest BCUT2D eigenvalue weighted by atomic mass is 32.2. The first-order valence-corrected chi connectivity index (χ1v) is 7.74. The van der Waals surface area contributed by atoms with Crippen molar-refractivity contribution in [2.24, 2.45) is 10.9 Å². The van der Waals surface area contributed by atoms with Gasteiger partial charge in [0.15, 0.2) is 5.17 Å². The Morgan fingerprint density at radius 3 is 2.89 bits per heavy atom. The Morgan fingerprint density at radius 1 is 1.44 bits per heavy atom. The largest absolute Gasteiger partial charge is 0.378 e. The van der Waals surface area contributed by atoms with Crippen molar-refractivity contribution in [3.63, 3.8) is 0 Å². The van der Waals surface area contributed by atoms with E-state index in [4.69, 9.17) is 4.74 Å². The van der Waals surface area contributed by atoms with Gasteiger partial charge in [-0.15, -0.1) is 0 Å². The molecule has 0 aromatic heterocycles. The third-order valence-electron chi connectivity index (χ3n) is 2.96. The molecule has 1 heterocycles. The molecule has 1 rings (SSSR count). The van der Waals surface area contributed by atoms with E-state index in [0.717, 1.165) is 24.9 Å². The molecule has 1 N–H and O–H groups in total. The topological polar surface area (TPSA) is 36.9 Å². The van der Waals surface area contributed by atoms with Gasteiger partial charge in [0, 0.05) is 18.3 Å². The van der Waals surface area contributed by atoms with Crippen LogP contribution in [0, 0.1) is 5.92 Å². The van der Waals surface area contributed by atoms with Gasteiger partial charge in [0.1, 0.15) is 0 Å². The van der Waals surface area contributed by atoms with Crippen LogP contribution in [0.1, 0.15) is 20.3 Å². The van der Waals surface area contributed by atoms with Crippen molar-refractivity contribution < 1.29 is 4.74 Å². The summed E-state index contributed by atoms with van der Waals surface area (Å²) in [6.07, 6.45) is 1.24. The molecule has 1 saturated heterocycles. The average molecular weight is 273 g/mol. The van der Waals surface area contributed by atoms with Crippen LogP contribution in [0.15, 0.2) is 4.99 Å².